The molecule has 1 amide bonds. The summed E-state index contributed by atoms with van der Waals surface area (Å²) in [6, 6.07) is 6.88. The topological polar surface area (TPSA) is 87.6 Å². The summed E-state index contributed by atoms with van der Waals surface area (Å²) >= 11 is 3.26. The van der Waals surface area contributed by atoms with Gasteiger partial charge in [0, 0.05) is 41.3 Å². The second-order valence-corrected chi connectivity index (χ2v) is 10.2. The van der Waals surface area contributed by atoms with Crippen LogP contribution in [0.3, 0.4) is 0 Å². The zero-order chi connectivity index (χ0) is 18.7. The predicted molar refractivity (Wildman–Crippen MR) is 103 cm³/mol. The van der Waals surface area contributed by atoms with Gasteiger partial charge in [-0.15, -0.1) is 23.1 Å². The number of piperidine rings is 1. The van der Waals surface area contributed by atoms with Gasteiger partial charge in [-0.2, -0.15) is 0 Å². The third-order valence-corrected chi connectivity index (χ3v) is 7.55. The number of likely N-dealkylation sites (tertiary alicyclic amines) is 1. The van der Waals surface area contributed by atoms with E-state index in [4.69, 9.17) is 10.1 Å². The maximum absolute atomic E-state index is 11.5. The highest BCUT2D eigenvalue weighted by Crippen LogP contribution is 2.32. The normalized spacial score (nSPS) is 16.0. The number of nitrogens with zero attached hydrogens (tertiary/aromatic N) is 2. The molecule has 2 heterocycles. The van der Waals surface area contributed by atoms with Gasteiger partial charge in [0.2, 0.25) is 0 Å². The summed E-state index contributed by atoms with van der Waals surface area (Å²) in [5.74, 6) is 1.06. The largest absolute Gasteiger partial charge is 0.465 e. The number of rotatable bonds is 5. The fourth-order valence-electron chi connectivity index (χ4n) is 2.83. The minimum atomic E-state index is -3.17. The van der Waals surface area contributed by atoms with Crippen molar-refractivity contribution in [1.82, 2.24) is 9.88 Å². The molecule has 0 aliphatic carbocycles. The van der Waals surface area contributed by atoms with Crippen molar-refractivity contribution in [3.8, 4) is 0 Å². The maximum Gasteiger partial charge on any atom is 0.407 e. The lowest BCUT2D eigenvalue weighted by molar-refractivity contribution is 0.132. The molecule has 0 atom stereocenters. The van der Waals surface area contributed by atoms with Gasteiger partial charge in [0.05, 0.1) is 15.6 Å². The summed E-state index contributed by atoms with van der Waals surface area (Å²) < 4.78 is 23.0. The summed E-state index contributed by atoms with van der Waals surface area (Å²) in [7, 11) is -3.17. The highest BCUT2D eigenvalue weighted by Gasteiger charge is 2.25. The van der Waals surface area contributed by atoms with Crippen LogP contribution in [0.1, 0.15) is 29.5 Å². The third-order valence-electron chi connectivity index (χ3n) is 4.32. The number of aromatic nitrogens is 1. The fraction of sp³-hybridized carbons (Fsp3) is 0.412. The molecule has 0 bridgehead atoms. The Kier molecular flexibility index (Phi) is 5.89. The van der Waals surface area contributed by atoms with Gasteiger partial charge < -0.3 is 10.0 Å². The standard InChI is InChI=1S/C17H20N2O4S3/c1-26(22,23)15-4-2-14(3-5-15)24-10-13-11-25-16(18-13)12-6-8-19(9-7-12)17(20)21/h2-5,11-12H,6-10H2,1H3,(H,20,21). The monoisotopic (exact) mass is 412 g/mol. The molecule has 2 aromatic rings. The Morgan fingerprint density at radius 1 is 1.31 bits per heavy atom. The van der Waals surface area contributed by atoms with Gasteiger partial charge in [0.15, 0.2) is 9.84 Å². The third kappa shape index (κ3) is 4.77. The highest BCUT2D eigenvalue weighted by atomic mass is 32.2. The van der Waals surface area contributed by atoms with Crippen LogP contribution in [0.5, 0.6) is 0 Å². The van der Waals surface area contributed by atoms with Crippen molar-refractivity contribution in [2.75, 3.05) is 19.3 Å². The zero-order valence-corrected chi connectivity index (χ0v) is 16.7. The first kappa shape index (κ1) is 19.2. The molecule has 1 aromatic heterocycles. The van der Waals surface area contributed by atoms with E-state index in [9.17, 15) is 13.2 Å². The van der Waals surface area contributed by atoms with Crippen LogP contribution in [0, 0.1) is 0 Å². The van der Waals surface area contributed by atoms with Crippen LogP contribution in [-0.4, -0.2) is 48.8 Å². The van der Waals surface area contributed by atoms with Crippen LogP contribution in [0.4, 0.5) is 4.79 Å². The SMILES string of the molecule is CS(=O)(=O)c1ccc(SCc2csc(C3CCN(C(=O)O)CC3)n2)cc1. The Morgan fingerprint density at radius 2 is 1.96 bits per heavy atom. The van der Waals surface area contributed by atoms with Gasteiger partial charge in [0.25, 0.3) is 0 Å². The van der Waals surface area contributed by atoms with Crippen molar-refractivity contribution in [1.29, 1.82) is 0 Å². The Hall–Kier alpha value is -1.58. The number of sulfone groups is 1. The van der Waals surface area contributed by atoms with Crippen LogP contribution in [-0.2, 0) is 15.6 Å². The van der Waals surface area contributed by atoms with Gasteiger partial charge in [-0.25, -0.2) is 18.2 Å². The number of hydrogen-bond acceptors (Lipinski definition) is 6. The molecule has 1 aromatic carbocycles. The Labute approximate surface area is 161 Å². The molecule has 0 unspecified atom stereocenters. The molecule has 1 N–H and O–H groups in total. The number of carbonyl (C=O) groups is 1. The van der Waals surface area contributed by atoms with Gasteiger partial charge in [-0.3, -0.25) is 0 Å². The van der Waals surface area contributed by atoms with E-state index < -0.39 is 15.9 Å². The van der Waals surface area contributed by atoms with E-state index in [0.717, 1.165) is 34.2 Å². The second kappa shape index (κ2) is 7.98. The van der Waals surface area contributed by atoms with Crippen LogP contribution in [0.15, 0.2) is 39.4 Å². The van der Waals surface area contributed by atoms with E-state index in [0.29, 0.717) is 23.9 Å². The number of benzene rings is 1. The number of hydrogen-bond donors (Lipinski definition) is 1. The van der Waals surface area contributed by atoms with E-state index in [2.05, 4.69) is 5.38 Å². The quantitative estimate of drug-likeness (QED) is 0.754. The van der Waals surface area contributed by atoms with Gasteiger partial charge in [-0.05, 0) is 37.1 Å². The molecule has 9 heteroatoms. The molecule has 0 saturated carbocycles. The smallest absolute Gasteiger partial charge is 0.407 e. The Morgan fingerprint density at radius 3 is 2.54 bits per heavy atom. The molecule has 1 saturated heterocycles. The van der Waals surface area contributed by atoms with Gasteiger partial charge in [-0.1, -0.05) is 0 Å². The van der Waals surface area contributed by atoms with E-state index in [1.807, 2.05) is 12.1 Å². The molecule has 0 spiro atoms. The summed E-state index contributed by atoms with van der Waals surface area (Å²) in [5.41, 5.74) is 1.00. The fourth-order valence-corrected chi connectivity index (χ4v) is 5.35. The lowest BCUT2D eigenvalue weighted by atomic mass is 9.98. The predicted octanol–water partition coefficient (Wildman–Crippen LogP) is 3.70. The van der Waals surface area contributed by atoms with Crippen molar-refractivity contribution in [2.45, 2.75) is 34.3 Å². The number of amides is 1. The summed E-state index contributed by atoms with van der Waals surface area (Å²) in [4.78, 5) is 18.5. The van der Waals surface area contributed by atoms with Crippen molar-refractivity contribution in [3.63, 3.8) is 0 Å². The molecular weight excluding hydrogens is 392 g/mol. The van der Waals surface area contributed by atoms with Crippen LogP contribution < -0.4 is 0 Å². The van der Waals surface area contributed by atoms with Crippen molar-refractivity contribution in [2.24, 2.45) is 0 Å². The maximum atomic E-state index is 11.5. The van der Waals surface area contributed by atoms with Gasteiger partial charge in [0.1, 0.15) is 0 Å². The zero-order valence-electron chi connectivity index (χ0n) is 14.3. The first-order chi connectivity index (χ1) is 12.3. The number of carboxylic acid groups (broad SMARTS) is 1. The lowest BCUT2D eigenvalue weighted by Gasteiger charge is -2.28. The lowest BCUT2D eigenvalue weighted by Crippen LogP contribution is -2.36. The molecule has 6 nitrogen and oxygen atoms in total. The van der Waals surface area contributed by atoms with E-state index in [-0.39, 0.29) is 0 Å². The van der Waals surface area contributed by atoms with Crippen LogP contribution in [0.25, 0.3) is 0 Å². The molecule has 1 aliphatic rings. The average Bonchev–Trinajstić information content (AvgIpc) is 3.08. The van der Waals surface area contributed by atoms with E-state index in [1.165, 1.54) is 11.2 Å². The molecule has 0 radical (unpaired) electrons. The van der Waals surface area contributed by atoms with Crippen molar-refractivity contribution >= 4 is 39.0 Å². The second-order valence-electron chi connectivity index (χ2n) is 6.25. The first-order valence-electron chi connectivity index (χ1n) is 8.18. The molecule has 140 valence electrons. The molecule has 3 rings (SSSR count). The molecule has 1 aliphatic heterocycles. The first-order valence-corrected chi connectivity index (χ1v) is 11.9. The Bertz CT molecular complexity index is 870. The summed E-state index contributed by atoms with van der Waals surface area (Å²) in [6.07, 6.45) is 1.99. The van der Waals surface area contributed by atoms with Crippen molar-refractivity contribution in [3.05, 3.63) is 40.3 Å². The van der Waals surface area contributed by atoms with Crippen molar-refractivity contribution < 1.29 is 18.3 Å². The number of thioether (sulfide) groups is 1. The minimum absolute atomic E-state index is 0.325. The highest BCUT2D eigenvalue weighted by molar-refractivity contribution is 7.98. The molecule has 1 fully saturated rings. The molecule has 26 heavy (non-hydrogen) atoms. The average molecular weight is 413 g/mol. The Balaban J connectivity index is 1.55. The number of thiazole rings is 1. The van der Waals surface area contributed by atoms with Crippen LogP contribution in [0.2, 0.25) is 0 Å². The van der Waals surface area contributed by atoms with Gasteiger partial charge >= 0.3 is 6.09 Å². The van der Waals surface area contributed by atoms with Crippen LogP contribution >= 0.6 is 23.1 Å². The minimum Gasteiger partial charge on any atom is -0.465 e. The molecular formula is C17H20N2O4S3. The summed E-state index contributed by atoms with van der Waals surface area (Å²) in [6.45, 7) is 1.13. The summed E-state index contributed by atoms with van der Waals surface area (Å²) in [5, 5.41) is 12.1. The van der Waals surface area contributed by atoms with E-state index >= 15 is 0 Å². The van der Waals surface area contributed by atoms with E-state index in [1.54, 1.807) is 35.2 Å².